The number of aliphatic hydroxyl groups excluding tert-OH is 1. The SMILES string of the molecule is CCc1cc(N2CCC[C@](C)(CO)C2)nc(N(C)C)n1. The molecule has 112 valence electrons. The zero-order chi connectivity index (χ0) is 14.8. The molecule has 1 aromatic heterocycles. The van der Waals surface area contributed by atoms with Gasteiger partial charge in [-0.05, 0) is 19.3 Å². The van der Waals surface area contributed by atoms with Gasteiger partial charge >= 0.3 is 0 Å². The predicted molar refractivity (Wildman–Crippen MR) is 82.4 cm³/mol. The molecule has 20 heavy (non-hydrogen) atoms. The minimum Gasteiger partial charge on any atom is -0.396 e. The molecular formula is C15H26N4O. The van der Waals surface area contributed by atoms with Crippen molar-refractivity contribution in [2.24, 2.45) is 5.41 Å². The Morgan fingerprint density at radius 2 is 2.15 bits per heavy atom. The third-order valence-electron chi connectivity index (χ3n) is 4.00. The molecule has 1 atom stereocenters. The maximum absolute atomic E-state index is 9.59. The van der Waals surface area contributed by atoms with E-state index in [1.54, 1.807) is 0 Å². The zero-order valence-electron chi connectivity index (χ0n) is 13.1. The van der Waals surface area contributed by atoms with E-state index in [1.165, 1.54) is 0 Å². The van der Waals surface area contributed by atoms with Crippen LogP contribution in [0.4, 0.5) is 11.8 Å². The Balaban J connectivity index is 2.29. The van der Waals surface area contributed by atoms with Crippen LogP contribution in [0.1, 0.15) is 32.4 Å². The highest BCUT2D eigenvalue weighted by atomic mass is 16.3. The molecule has 1 aliphatic heterocycles. The van der Waals surface area contributed by atoms with Crippen LogP contribution in [0.15, 0.2) is 6.07 Å². The lowest BCUT2D eigenvalue weighted by Gasteiger charge is -2.40. The Labute approximate surface area is 121 Å². The fourth-order valence-electron chi connectivity index (χ4n) is 2.65. The van der Waals surface area contributed by atoms with Crippen LogP contribution in [-0.2, 0) is 6.42 Å². The molecule has 0 radical (unpaired) electrons. The van der Waals surface area contributed by atoms with E-state index in [1.807, 2.05) is 19.0 Å². The number of anilines is 2. The summed E-state index contributed by atoms with van der Waals surface area (Å²) in [4.78, 5) is 13.4. The summed E-state index contributed by atoms with van der Waals surface area (Å²) in [6.07, 6.45) is 3.08. The maximum Gasteiger partial charge on any atom is 0.227 e. The molecule has 0 spiro atoms. The van der Waals surface area contributed by atoms with Gasteiger partial charge in [0.2, 0.25) is 5.95 Å². The maximum atomic E-state index is 9.59. The zero-order valence-corrected chi connectivity index (χ0v) is 13.1. The van der Waals surface area contributed by atoms with Gasteiger partial charge in [-0.2, -0.15) is 4.98 Å². The topological polar surface area (TPSA) is 52.5 Å². The smallest absolute Gasteiger partial charge is 0.227 e. The minimum absolute atomic E-state index is 0.0200. The van der Waals surface area contributed by atoms with Crippen molar-refractivity contribution in [3.63, 3.8) is 0 Å². The van der Waals surface area contributed by atoms with Crippen molar-refractivity contribution in [1.29, 1.82) is 0 Å². The highest BCUT2D eigenvalue weighted by Gasteiger charge is 2.31. The van der Waals surface area contributed by atoms with Crippen molar-refractivity contribution >= 4 is 11.8 Å². The number of aryl methyl sites for hydroxylation is 1. The molecule has 1 saturated heterocycles. The molecule has 2 rings (SSSR count). The van der Waals surface area contributed by atoms with Crippen LogP contribution in [0.25, 0.3) is 0 Å². The van der Waals surface area contributed by atoms with E-state index >= 15 is 0 Å². The van der Waals surface area contributed by atoms with Gasteiger partial charge in [0, 0.05) is 44.4 Å². The Bertz CT molecular complexity index is 463. The standard InChI is InChI=1S/C15H26N4O/c1-5-12-9-13(17-14(16-12)18(3)4)19-8-6-7-15(2,10-19)11-20/h9,20H,5-8,10-11H2,1-4H3/t15-/m0/s1. The van der Waals surface area contributed by atoms with E-state index in [-0.39, 0.29) is 12.0 Å². The molecule has 0 bridgehead atoms. The first-order chi connectivity index (χ1) is 9.47. The van der Waals surface area contributed by atoms with Crippen LogP contribution >= 0.6 is 0 Å². The molecule has 0 amide bonds. The first-order valence-corrected chi connectivity index (χ1v) is 7.38. The Morgan fingerprint density at radius 1 is 1.40 bits per heavy atom. The van der Waals surface area contributed by atoms with Gasteiger partial charge < -0.3 is 14.9 Å². The quantitative estimate of drug-likeness (QED) is 0.908. The van der Waals surface area contributed by atoms with Crippen LogP contribution in [0.3, 0.4) is 0 Å². The van der Waals surface area contributed by atoms with Crippen molar-refractivity contribution in [2.45, 2.75) is 33.1 Å². The van der Waals surface area contributed by atoms with Crippen molar-refractivity contribution in [3.8, 4) is 0 Å². The number of hydrogen-bond donors (Lipinski definition) is 1. The first-order valence-electron chi connectivity index (χ1n) is 7.38. The predicted octanol–water partition coefficient (Wildman–Crippen LogP) is 1.70. The van der Waals surface area contributed by atoms with Gasteiger partial charge in [-0.1, -0.05) is 13.8 Å². The minimum atomic E-state index is -0.0200. The molecule has 1 aromatic rings. The number of aliphatic hydroxyl groups is 1. The van der Waals surface area contributed by atoms with Gasteiger partial charge in [-0.25, -0.2) is 4.98 Å². The summed E-state index contributed by atoms with van der Waals surface area (Å²) >= 11 is 0. The second-order valence-corrected chi connectivity index (χ2v) is 6.26. The lowest BCUT2D eigenvalue weighted by atomic mass is 9.83. The molecular weight excluding hydrogens is 252 g/mol. The Hall–Kier alpha value is -1.36. The van der Waals surface area contributed by atoms with E-state index in [2.05, 4.69) is 34.8 Å². The van der Waals surface area contributed by atoms with Gasteiger partial charge in [0.25, 0.3) is 0 Å². The third-order valence-corrected chi connectivity index (χ3v) is 4.00. The third kappa shape index (κ3) is 3.20. The van der Waals surface area contributed by atoms with Crippen molar-refractivity contribution in [1.82, 2.24) is 9.97 Å². The lowest BCUT2D eigenvalue weighted by molar-refractivity contribution is 0.123. The fourth-order valence-corrected chi connectivity index (χ4v) is 2.65. The van der Waals surface area contributed by atoms with Crippen molar-refractivity contribution in [3.05, 3.63) is 11.8 Å². The van der Waals surface area contributed by atoms with Crippen LogP contribution in [-0.4, -0.2) is 48.9 Å². The first kappa shape index (κ1) is 15.0. The van der Waals surface area contributed by atoms with E-state index in [0.717, 1.165) is 49.8 Å². The van der Waals surface area contributed by atoms with Crippen LogP contribution in [0, 0.1) is 5.41 Å². The summed E-state index contributed by atoms with van der Waals surface area (Å²) in [6.45, 7) is 6.35. The van der Waals surface area contributed by atoms with Crippen molar-refractivity contribution < 1.29 is 5.11 Å². The van der Waals surface area contributed by atoms with E-state index < -0.39 is 0 Å². The summed E-state index contributed by atoms with van der Waals surface area (Å²) < 4.78 is 0. The summed E-state index contributed by atoms with van der Waals surface area (Å²) in [5.41, 5.74) is 1.04. The van der Waals surface area contributed by atoms with Crippen LogP contribution in [0.2, 0.25) is 0 Å². The van der Waals surface area contributed by atoms with E-state index in [9.17, 15) is 5.11 Å². The highest BCUT2D eigenvalue weighted by Crippen LogP contribution is 2.31. The van der Waals surface area contributed by atoms with E-state index in [0.29, 0.717) is 0 Å². The molecule has 1 aliphatic rings. The molecule has 2 heterocycles. The summed E-state index contributed by atoms with van der Waals surface area (Å²) in [6, 6.07) is 2.08. The number of piperidine rings is 1. The molecule has 1 fully saturated rings. The number of hydrogen-bond acceptors (Lipinski definition) is 5. The normalized spacial score (nSPS) is 22.9. The fraction of sp³-hybridized carbons (Fsp3) is 0.733. The van der Waals surface area contributed by atoms with Crippen LogP contribution in [0.5, 0.6) is 0 Å². The van der Waals surface area contributed by atoms with Gasteiger partial charge in [0.15, 0.2) is 0 Å². The second-order valence-electron chi connectivity index (χ2n) is 6.26. The summed E-state index contributed by atoms with van der Waals surface area (Å²) in [5.74, 6) is 1.75. The average Bonchev–Trinajstić information content (AvgIpc) is 2.46. The molecule has 5 nitrogen and oxygen atoms in total. The van der Waals surface area contributed by atoms with Gasteiger partial charge in [-0.3, -0.25) is 0 Å². The van der Waals surface area contributed by atoms with Gasteiger partial charge in [0.1, 0.15) is 5.82 Å². The molecule has 1 N–H and O–H groups in total. The van der Waals surface area contributed by atoms with Crippen molar-refractivity contribution in [2.75, 3.05) is 43.6 Å². The summed E-state index contributed by atoms with van der Waals surface area (Å²) in [5, 5.41) is 9.59. The molecule has 0 aliphatic carbocycles. The summed E-state index contributed by atoms with van der Waals surface area (Å²) in [7, 11) is 3.93. The molecule has 5 heteroatoms. The number of aromatic nitrogens is 2. The number of nitrogens with zero attached hydrogens (tertiary/aromatic N) is 4. The molecule has 0 unspecified atom stereocenters. The molecule has 0 aromatic carbocycles. The second kappa shape index (κ2) is 5.95. The van der Waals surface area contributed by atoms with Gasteiger partial charge in [-0.15, -0.1) is 0 Å². The Kier molecular flexibility index (Phi) is 4.48. The van der Waals surface area contributed by atoms with E-state index in [4.69, 9.17) is 0 Å². The largest absolute Gasteiger partial charge is 0.396 e. The monoisotopic (exact) mass is 278 g/mol. The Morgan fingerprint density at radius 3 is 2.75 bits per heavy atom. The highest BCUT2D eigenvalue weighted by molar-refractivity contribution is 5.46. The lowest BCUT2D eigenvalue weighted by Crippen LogP contribution is -2.44. The van der Waals surface area contributed by atoms with Gasteiger partial charge in [0.05, 0.1) is 6.61 Å². The number of rotatable bonds is 4. The molecule has 0 saturated carbocycles. The van der Waals surface area contributed by atoms with Crippen LogP contribution < -0.4 is 9.80 Å². The average molecular weight is 278 g/mol.